The van der Waals surface area contributed by atoms with Gasteiger partial charge in [-0.15, -0.1) is 16.4 Å². The molecule has 0 bridgehead atoms. The predicted molar refractivity (Wildman–Crippen MR) is 146 cm³/mol. The quantitative estimate of drug-likeness (QED) is 0.254. The number of aryl methyl sites for hydroxylation is 1. The molecule has 6 rings (SSSR count). The van der Waals surface area contributed by atoms with E-state index in [-0.39, 0.29) is 0 Å². The van der Waals surface area contributed by atoms with E-state index in [1.54, 1.807) is 11.3 Å². The Balaban J connectivity index is 1.17. The van der Waals surface area contributed by atoms with E-state index in [0.717, 1.165) is 43.9 Å². The Hall–Kier alpha value is -4.07. The number of pyridine rings is 1. The number of halogens is 1. The number of ether oxygens (including phenoxy) is 1. The largest absolute Gasteiger partial charge is 0.489 e. The first-order chi connectivity index (χ1) is 17.6. The molecule has 0 aliphatic heterocycles. The summed E-state index contributed by atoms with van der Waals surface area (Å²) in [6, 6.07) is 24.2. The SMILES string of the molecule is Cc1c(-c2nnn[nH]2)sc2ccc(COc3cccc(C=Cc4ccc5ccc(Cl)cc5n4)c3)cc12. The maximum absolute atomic E-state index is 6.12. The fourth-order valence-corrected chi connectivity index (χ4v) is 5.38. The molecule has 0 aliphatic carbocycles. The van der Waals surface area contributed by atoms with Crippen molar-refractivity contribution in [2.45, 2.75) is 13.5 Å². The van der Waals surface area contributed by atoms with Crippen molar-refractivity contribution in [3.63, 3.8) is 0 Å². The smallest absolute Gasteiger partial charge is 0.189 e. The zero-order valence-corrected chi connectivity index (χ0v) is 20.8. The first-order valence-electron chi connectivity index (χ1n) is 11.4. The minimum absolute atomic E-state index is 0.477. The summed E-state index contributed by atoms with van der Waals surface area (Å²) >= 11 is 7.79. The number of H-pyrrole nitrogens is 1. The van der Waals surface area contributed by atoms with Crippen LogP contribution in [0.3, 0.4) is 0 Å². The Kier molecular flexibility index (Phi) is 5.93. The summed E-state index contributed by atoms with van der Waals surface area (Å²) in [4.78, 5) is 5.74. The van der Waals surface area contributed by atoms with E-state index in [1.165, 1.54) is 10.1 Å². The minimum atomic E-state index is 0.477. The van der Waals surface area contributed by atoms with Crippen LogP contribution in [-0.4, -0.2) is 25.6 Å². The van der Waals surface area contributed by atoms with E-state index in [2.05, 4.69) is 56.8 Å². The van der Waals surface area contributed by atoms with Crippen LogP contribution in [0, 0.1) is 6.92 Å². The average Bonchev–Trinajstić information content (AvgIpc) is 3.54. The van der Waals surface area contributed by atoms with Crippen LogP contribution in [0.5, 0.6) is 5.75 Å². The Bertz CT molecular complexity index is 1730. The standard InChI is InChI=1S/C28H20ClN5OS/c1-17-24-14-19(6-12-26(24)36-27(17)28-31-33-34-32-28)16-35-23-4-2-3-18(13-23)5-10-22-11-8-20-7-9-21(29)15-25(20)30-22/h2-15H,16H2,1H3,(H,31,32,33,34). The van der Waals surface area contributed by atoms with Gasteiger partial charge in [0.2, 0.25) is 0 Å². The van der Waals surface area contributed by atoms with Crippen LogP contribution in [-0.2, 0) is 6.61 Å². The third-order valence-electron chi connectivity index (χ3n) is 5.95. The second-order valence-corrected chi connectivity index (χ2v) is 9.89. The van der Waals surface area contributed by atoms with Gasteiger partial charge in [-0.2, -0.15) is 0 Å². The number of aromatic nitrogens is 5. The predicted octanol–water partition coefficient (Wildman–Crippen LogP) is 7.34. The number of hydrogen-bond donors (Lipinski definition) is 1. The van der Waals surface area contributed by atoms with Crippen LogP contribution in [0.25, 0.3) is 43.8 Å². The fraction of sp³-hybridized carbons (Fsp3) is 0.0714. The lowest BCUT2D eigenvalue weighted by molar-refractivity contribution is 0.306. The second-order valence-electron chi connectivity index (χ2n) is 8.40. The fourth-order valence-electron chi connectivity index (χ4n) is 4.09. The summed E-state index contributed by atoms with van der Waals surface area (Å²) < 4.78 is 7.32. The van der Waals surface area contributed by atoms with E-state index >= 15 is 0 Å². The summed E-state index contributed by atoms with van der Waals surface area (Å²) in [5, 5.41) is 17.2. The number of hydrogen-bond acceptors (Lipinski definition) is 6. The molecule has 36 heavy (non-hydrogen) atoms. The molecule has 6 nitrogen and oxygen atoms in total. The van der Waals surface area contributed by atoms with Crippen LogP contribution in [0.1, 0.15) is 22.4 Å². The van der Waals surface area contributed by atoms with E-state index in [9.17, 15) is 0 Å². The zero-order chi connectivity index (χ0) is 24.5. The Labute approximate surface area is 216 Å². The molecule has 0 saturated heterocycles. The summed E-state index contributed by atoms with van der Waals surface area (Å²) in [7, 11) is 0. The van der Waals surface area contributed by atoms with Gasteiger partial charge in [-0.05, 0) is 88.0 Å². The Morgan fingerprint density at radius 1 is 1.00 bits per heavy atom. The third kappa shape index (κ3) is 4.58. The van der Waals surface area contributed by atoms with E-state index in [0.29, 0.717) is 17.5 Å². The molecule has 176 valence electrons. The molecule has 1 N–H and O–H groups in total. The molecule has 0 amide bonds. The van der Waals surface area contributed by atoms with E-state index in [4.69, 9.17) is 16.3 Å². The summed E-state index contributed by atoms with van der Waals surface area (Å²) in [6.07, 6.45) is 4.03. The van der Waals surface area contributed by atoms with Gasteiger partial charge >= 0.3 is 0 Å². The van der Waals surface area contributed by atoms with Crippen LogP contribution < -0.4 is 4.74 Å². The van der Waals surface area contributed by atoms with Gasteiger partial charge in [-0.3, -0.25) is 0 Å². The third-order valence-corrected chi connectivity index (χ3v) is 7.46. The molecule has 0 spiro atoms. The highest BCUT2D eigenvalue weighted by molar-refractivity contribution is 7.22. The summed E-state index contributed by atoms with van der Waals surface area (Å²) in [5.41, 5.74) is 5.05. The van der Waals surface area contributed by atoms with Gasteiger partial charge in [-0.1, -0.05) is 48.0 Å². The van der Waals surface area contributed by atoms with Gasteiger partial charge < -0.3 is 4.74 Å². The lowest BCUT2D eigenvalue weighted by Gasteiger charge is -2.08. The Morgan fingerprint density at radius 2 is 1.92 bits per heavy atom. The van der Waals surface area contributed by atoms with Crippen molar-refractivity contribution in [3.8, 4) is 16.5 Å². The van der Waals surface area contributed by atoms with Crippen molar-refractivity contribution in [2.24, 2.45) is 0 Å². The molecule has 6 aromatic rings. The number of benzene rings is 3. The highest BCUT2D eigenvalue weighted by Gasteiger charge is 2.13. The summed E-state index contributed by atoms with van der Waals surface area (Å²) in [5.74, 6) is 1.50. The lowest BCUT2D eigenvalue weighted by atomic mass is 10.1. The van der Waals surface area contributed by atoms with Gasteiger partial charge in [0.1, 0.15) is 12.4 Å². The molecule has 0 saturated carbocycles. The van der Waals surface area contributed by atoms with E-state index < -0.39 is 0 Å². The number of thiophene rings is 1. The highest BCUT2D eigenvalue weighted by Crippen LogP contribution is 2.36. The molecule has 3 aromatic heterocycles. The molecule has 0 aliphatic rings. The molecule has 3 heterocycles. The van der Waals surface area contributed by atoms with Crippen LogP contribution in [0.15, 0.2) is 72.8 Å². The van der Waals surface area contributed by atoms with Crippen LogP contribution in [0.2, 0.25) is 5.02 Å². The van der Waals surface area contributed by atoms with Crippen LogP contribution >= 0.6 is 22.9 Å². The van der Waals surface area contributed by atoms with Crippen molar-refractivity contribution in [2.75, 3.05) is 0 Å². The second kappa shape index (κ2) is 9.53. The molecule has 0 radical (unpaired) electrons. The van der Waals surface area contributed by atoms with Gasteiger partial charge in [0.25, 0.3) is 0 Å². The number of nitrogens with zero attached hydrogens (tertiary/aromatic N) is 4. The minimum Gasteiger partial charge on any atom is -0.489 e. The summed E-state index contributed by atoms with van der Waals surface area (Å²) in [6.45, 7) is 2.57. The number of nitrogens with one attached hydrogen (secondary N) is 1. The van der Waals surface area contributed by atoms with Crippen LogP contribution in [0.4, 0.5) is 0 Å². The monoisotopic (exact) mass is 509 g/mol. The van der Waals surface area contributed by atoms with Crippen molar-refractivity contribution in [3.05, 3.63) is 100 Å². The molecule has 3 aromatic carbocycles. The number of aromatic amines is 1. The number of rotatable bonds is 6. The topological polar surface area (TPSA) is 76.6 Å². The van der Waals surface area contributed by atoms with Crippen molar-refractivity contribution >= 4 is 56.1 Å². The molecule has 0 unspecified atom stereocenters. The normalized spacial score (nSPS) is 11.6. The molecule has 0 fully saturated rings. The van der Waals surface area contributed by atoms with Crippen molar-refractivity contribution in [1.82, 2.24) is 25.6 Å². The van der Waals surface area contributed by atoms with Gasteiger partial charge in [0.15, 0.2) is 5.82 Å². The number of fused-ring (bicyclic) bond motifs is 2. The molecular weight excluding hydrogens is 490 g/mol. The number of tetrazole rings is 1. The molecule has 0 atom stereocenters. The zero-order valence-electron chi connectivity index (χ0n) is 19.3. The molecular formula is C28H20ClN5OS. The maximum Gasteiger partial charge on any atom is 0.189 e. The highest BCUT2D eigenvalue weighted by atomic mass is 35.5. The van der Waals surface area contributed by atoms with Gasteiger partial charge in [0.05, 0.1) is 16.1 Å². The Morgan fingerprint density at radius 3 is 2.81 bits per heavy atom. The van der Waals surface area contributed by atoms with Crippen molar-refractivity contribution < 1.29 is 4.74 Å². The van der Waals surface area contributed by atoms with Gasteiger partial charge in [-0.25, -0.2) is 10.1 Å². The first kappa shape index (κ1) is 22.4. The average molecular weight is 510 g/mol. The van der Waals surface area contributed by atoms with Crippen molar-refractivity contribution in [1.29, 1.82) is 0 Å². The van der Waals surface area contributed by atoms with Gasteiger partial charge in [0, 0.05) is 15.1 Å². The molecule has 8 heteroatoms. The lowest BCUT2D eigenvalue weighted by Crippen LogP contribution is -1.95. The van der Waals surface area contributed by atoms with E-state index in [1.807, 2.05) is 60.7 Å². The first-order valence-corrected chi connectivity index (χ1v) is 12.6. The maximum atomic E-state index is 6.12.